The van der Waals surface area contributed by atoms with E-state index in [1.165, 1.54) is 0 Å². The van der Waals surface area contributed by atoms with Crippen LogP contribution in [0.3, 0.4) is 0 Å². The molecule has 0 saturated carbocycles. The van der Waals surface area contributed by atoms with Crippen molar-refractivity contribution >= 4 is 34.4 Å². The van der Waals surface area contributed by atoms with Gasteiger partial charge in [0.2, 0.25) is 5.91 Å². The molecular weight excluding hydrogens is 492 g/mol. The van der Waals surface area contributed by atoms with Gasteiger partial charge in [-0.15, -0.1) is 0 Å². The van der Waals surface area contributed by atoms with Crippen LogP contribution in [-0.4, -0.2) is 76.6 Å². The van der Waals surface area contributed by atoms with Crippen molar-refractivity contribution < 1.29 is 19.1 Å². The summed E-state index contributed by atoms with van der Waals surface area (Å²) in [6.07, 6.45) is 3.33. The number of carbonyl (C=O) groups is 2. The van der Waals surface area contributed by atoms with Crippen LogP contribution in [-0.2, 0) is 9.53 Å². The van der Waals surface area contributed by atoms with Crippen molar-refractivity contribution in [2.45, 2.75) is 45.1 Å². The molecule has 3 aromatic rings. The topological polar surface area (TPSA) is 87.8 Å². The van der Waals surface area contributed by atoms with Gasteiger partial charge in [0.05, 0.1) is 30.6 Å². The quantitative estimate of drug-likeness (QED) is 0.512. The average molecular weight is 525 g/mol. The molecule has 5 rings (SSSR count). The van der Waals surface area contributed by atoms with E-state index in [2.05, 4.69) is 9.97 Å². The molecule has 1 aromatic heterocycles. The van der Waals surface area contributed by atoms with Gasteiger partial charge in [0.15, 0.2) is 0 Å². The third kappa shape index (κ3) is 5.75. The second kappa shape index (κ2) is 10.7. The predicted octanol–water partition coefficient (Wildman–Crippen LogP) is 4.53. The normalized spacial score (nSPS) is 20.3. The molecule has 2 aliphatic heterocycles. The number of ether oxygens (including phenoxy) is 2. The van der Waals surface area contributed by atoms with E-state index in [0.29, 0.717) is 29.5 Å². The number of aromatic amines is 1. The Hall–Kier alpha value is -3.10. The summed E-state index contributed by atoms with van der Waals surface area (Å²) in [6.45, 7) is 6.51. The van der Waals surface area contributed by atoms with E-state index in [0.717, 1.165) is 54.8 Å². The van der Waals surface area contributed by atoms with E-state index < -0.39 is 5.60 Å². The zero-order valence-corrected chi connectivity index (χ0v) is 22.1. The number of fused-ring (bicyclic) bond motifs is 1. The molecule has 37 heavy (non-hydrogen) atoms. The van der Waals surface area contributed by atoms with Crippen LogP contribution in [0.1, 0.15) is 47.4 Å². The average Bonchev–Trinajstić information content (AvgIpc) is 3.29. The van der Waals surface area contributed by atoms with Crippen molar-refractivity contribution in [1.29, 1.82) is 0 Å². The first kappa shape index (κ1) is 25.5. The number of hydrogen-bond acceptors (Lipinski definition) is 5. The van der Waals surface area contributed by atoms with Gasteiger partial charge in [0.25, 0.3) is 5.91 Å². The van der Waals surface area contributed by atoms with Crippen molar-refractivity contribution in [3.8, 4) is 5.75 Å². The molecular formula is C28H33ClN4O4. The molecule has 0 radical (unpaired) electrons. The van der Waals surface area contributed by atoms with Gasteiger partial charge in [-0.3, -0.25) is 9.59 Å². The summed E-state index contributed by atoms with van der Waals surface area (Å²) in [5.41, 5.74) is 2.17. The summed E-state index contributed by atoms with van der Waals surface area (Å²) in [6, 6.07) is 11.0. The third-order valence-corrected chi connectivity index (χ3v) is 7.62. The van der Waals surface area contributed by atoms with E-state index in [9.17, 15) is 9.59 Å². The lowest BCUT2D eigenvalue weighted by Gasteiger charge is -2.43. The summed E-state index contributed by atoms with van der Waals surface area (Å²) >= 11 is 6.18. The number of rotatable bonds is 6. The molecule has 9 heteroatoms. The first-order chi connectivity index (χ1) is 17.8. The minimum Gasteiger partial charge on any atom is -0.490 e. The van der Waals surface area contributed by atoms with Gasteiger partial charge in [0, 0.05) is 30.2 Å². The molecule has 2 aromatic carbocycles. The molecule has 0 bridgehead atoms. The standard InChI is InChI=1S/C28H33ClN4O4/c1-19-14-22(7-8-23(19)29)36-18-28(16-26(34)32-10-4-3-5-11-32)17-33(12-13-37-28)27(35)21-6-9-24-25(15-21)31-20(2)30-24/h6-9,14-15H,3-5,10-13,16-18H2,1-2H3,(H,30,31). The van der Waals surface area contributed by atoms with Gasteiger partial charge in [0.1, 0.15) is 23.8 Å². The maximum absolute atomic E-state index is 13.6. The lowest BCUT2D eigenvalue weighted by Crippen LogP contribution is -2.58. The predicted molar refractivity (Wildman–Crippen MR) is 142 cm³/mol. The van der Waals surface area contributed by atoms with Crippen LogP contribution in [0, 0.1) is 13.8 Å². The van der Waals surface area contributed by atoms with Crippen molar-refractivity contribution in [3.05, 3.63) is 58.4 Å². The maximum Gasteiger partial charge on any atom is 0.254 e. The Morgan fingerprint density at radius 1 is 1.08 bits per heavy atom. The lowest BCUT2D eigenvalue weighted by molar-refractivity contribution is -0.153. The lowest BCUT2D eigenvalue weighted by atomic mass is 9.95. The van der Waals surface area contributed by atoms with Gasteiger partial charge in [-0.25, -0.2) is 4.98 Å². The monoisotopic (exact) mass is 524 g/mol. The van der Waals surface area contributed by atoms with E-state index in [1.807, 2.05) is 43.0 Å². The van der Waals surface area contributed by atoms with Crippen LogP contribution in [0.15, 0.2) is 36.4 Å². The smallest absolute Gasteiger partial charge is 0.254 e. The number of nitrogens with one attached hydrogen (secondary N) is 1. The molecule has 196 valence electrons. The Kier molecular flexibility index (Phi) is 7.40. The van der Waals surface area contributed by atoms with Crippen molar-refractivity contribution in [1.82, 2.24) is 19.8 Å². The largest absolute Gasteiger partial charge is 0.490 e. The van der Waals surface area contributed by atoms with Crippen LogP contribution >= 0.6 is 11.6 Å². The molecule has 8 nitrogen and oxygen atoms in total. The number of piperidine rings is 1. The molecule has 2 aliphatic rings. The van der Waals surface area contributed by atoms with Crippen LogP contribution in [0.5, 0.6) is 5.75 Å². The van der Waals surface area contributed by atoms with Gasteiger partial charge in [-0.1, -0.05) is 11.6 Å². The minimum absolute atomic E-state index is 0.0410. The summed E-state index contributed by atoms with van der Waals surface area (Å²) in [5.74, 6) is 1.39. The minimum atomic E-state index is -0.954. The zero-order chi connectivity index (χ0) is 26.0. The number of nitrogens with zero attached hydrogens (tertiary/aromatic N) is 3. The highest BCUT2D eigenvalue weighted by molar-refractivity contribution is 6.31. The fourth-order valence-electron chi connectivity index (χ4n) is 5.17. The number of likely N-dealkylation sites (tertiary alicyclic amines) is 1. The van der Waals surface area contributed by atoms with Gasteiger partial charge >= 0.3 is 0 Å². The van der Waals surface area contributed by atoms with E-state index >= 15 is 0 Å². The van der Waals surface area contributed by atoms with Crippen molar-refractivity contribution in [3.63, 3.8) is 0 Å². The molecule has 2 amide bonds. The Morgan fingerprint density at radius 3 is 2.68 bits per heavy atom. The number of benzene rings is 2. The molecule has 1 N–H and O–H groups in total. The van der Waals surface area contributed by atoms with Gasteiger partial charge < -0.3 is 24.3 Å². The number of carbonyl (C=O) groups excluding carboxylic acids is 2. The number of aryl methyl sites for hydroxylation is 2. The third-order valence-electron chi connectivity index (χ3n) is 7.20. The first-order valence-electron chi connectivity index (χ1n) is 12.9. The van der Waals surface area contributed by atoms with Crippen molar-refractivity contribution in [2.24, 2.45) is 0 Å². The Balaban J connectivity index is 1.37. The fraction of sp³-hybridized carbons (Fsp3) is 0.464. The van der Waals surface area contributed by atoms with Crippen molar-refractivity contribution in [2.75, 3.05) is 39.4 Å². The number of imidazole rings is 1. The number of halogens is 1. The van der Waals surface area contributed by atoms with E-state index in [-0.39, 0.29) is 31.4 Å². The number of hydrogen-bond donors (Lipinski definition) is 1. The first-order valence-corrected chi connectivity index (χ1v) is 13.3. The number of H-pyrrole nitrogens is 1. The van der Waals surface area contributed by atoms with Crippen LogP contribution in [0.4, 0.5) is 0 Å². The van der Waals surface area contributed by atoms with E-state index in [1.54, 1.807) is 17.0 Å². The highest BCUT2D eigenvalue weighted by atomic mass is 35.5. The zero-order valence-electron chi connectivity index (χ0n) is 21.4. The second-order valence-corrected chi connectivity index (χ2v) is 10.5. The summed E-state index contributed by atoms with van der Waals surface area (Å²) < 4.78 is 12.4. The van der Waals surface area contributed by atoms with Gasteiger partial charge in [-0.2, -0.15) is 0 Å². The SMILES string of the molecule is Cc1nc2ccc(C(=O)N3CCOC(COc4ccc(Cl)c(C)c4)(CC(=O)N4CCCCC4)C3)cc2[nH]1. The Morgan fingerprint density at radius 2 is 1.89 bits per heavy atom. The summed E-state index contributed by atoms with van der Waals surface area (Å²) in [5, 5.41) is 0.664. The molecule has 2 saturated heterocycles. The maximum atomic E-state index is 13.6. The van der Waals surface area contributed by atoms with Gasteiger partial charge in [-0.05, 0) is 75.1 Å². The fourth-order valence-corrected chi connectivity index (χ4v) is 5.29. The highest BCUT2D eigenvalue weighted by Crippen LogP contribution is 2.29. The highest BCUT2D eigenvalue weighted by Gasteiger charge is 2.42. The second-order valence-electron chi connectivity index (χ2n) is 10.1. The molecule has 2 fully saturated rings. The van der Waals surface area contributed by atoms with Crippen LogP contribution in [0.25, 0.3) is 11.0 Å². The molecule has 0 aliphatic carbocycles. The number of morpholine rings is 1. The number of amides is 2. The molecule has 1 unspecified atom stereocenters. The molecule has 3 heterocycles. The Labute approximate surface area is 221 Å². The van der Waals surface area contributed by atoms with E-state index in [4.69, 9.17) is 21.1 Å². The molecule has 1 atom stereocenters. The molecule has 0 spiro atoms. The summed E-state index contributed by atoms with van der Waals surface area (Å²) in [7, 11) is 0. The Bertz CT molecular complexity index is 1300. The summed E-state index contributed by atoms with van der Waals surface area (Å²) in [4.78, 5) is 38.2. The van der Waals surface area contributed by atoms with Crippen LogP contribution in [0.2, 0.25) is 5.02 Å². The van der Waals surface area contributed by atoms with Crippen LogP contribution < -0.4 is 4.74 Å². The number of aromatic nitrogens is 2.